The molecule has 1 heterocycles. The first-order valence-corrected chi connectivity index (χ1v) is 6.01. The van der Waals surface area contributed by atoms with Gasteiger partial charge in [-0.2, -0.15) is 0 Å². The molecule has 1 aromatic heterocycles. The molecule has 17 heavy (non-hydrogen) atoms. The van der Waals surface area contributed by atoms with Gasteiger partial charge in [0.05, 0.1) is 0 Å². The number of hydrogen-bond acceptors (Lipinski definition) is 2. The summed E-state index contributed by atoms with van der Waals surface area (Å²) in [5.74, 6) is 0.540. The molecular formula is C15H18N2. The highest BCUT2D eigenvalue weighted by Gasteiger charge is 2.03. The molecule has 0 radical (unpaired) electrons. The molecule has 1 N–H and O–H groups in total. The Bertz CT molecular complexity index is 425. The predicted octanol–water partition coefficient (Wildman–Crippen LogP) is 2.97. The van der Waals surface area contributed by atoms with Gasteiger partial charge in [-0.3, -0.25) is 4.98 Å². The molecule has 1 aromatic carbocycles. The van der Waals surface area contributed by atoms with Gasteiger partial charge in [0.15, 0.2) is 0 Å². The van der Waals surface area contributed by atoms with Gasteiger partial charge in [-0.05, 0) is 29.2 Å². The van der Waals surface area contributed by atoms with E-state index in [0.717, 1.165) is 13.1 Å². The van der Waals surface area contributed by atoms with Gasteiger partial charge < -0.3 is 5.32 Å². The third kappa shape index (κ3) is 3.68. The van der Waals surface area contributed by atoms with E-state index >= 15 is 0 Å². The van der Waals surface area contributed by atoms with Crippen molar-refractivity contribution in [3.8, 4) is 0 Å². The molecule has 2 rings (SSSR count). The standard InChI is InChI=1S/C15H18N2/c1-13(15-5-3-2-4-6-15)11-17-12-14-7-9-16-10-8-14/h2-10,13,17H,11-12H2,1H3/t13-/m0/s1. The molecule has 2 nitrogen and oxygen atoms in total. The van der Waals surface area contributed by atoms with Crippen LogP contribution in [0, 0.1) is 0 Å². The lowest BCUT2D eigenvalue weighted by atomic mass is 10.0. The quantitative estimate of drug-likeness (QED) is 0.847. The molecule has 0 spiro atoms. The zero-order chi connectivity index (χ0) is 11.9. The van der Waals surface area contributed by atoms with Crippen LogP contribution in [0.25, 0.3) is 0 Å². The van der Waals surface area contributed by atoms with E-state index in [-0.39, 0.29) is 0 Å². The van der Waals surface area contributed by atoms with E-state index in [1.807, 2.05) is 24.5 Å². The summed E-state index contributed by atoms with van der Waals surface area (Å²) in [7, 11) is 0. The van der Waals surface area contributed by atoms with Gasteiger partial charge in [-0.1, -0.05) is 37.3 Å². The summed E-state index contributed by atoms with van der Waals surface area (Å²) in [5, 5.41) is 3.47. The largest absolute Gasteiger partial charge is 0.312 e. The molecular weight excluding hydrogens is 208 g/mol. The summed E-state index contributed by atoms with van der Waals surface area (Å²) in [5.41, 5.74) is 2.66. The maximum Gasteiger partial charge on any atom is 0.0271 e. The Kier molecular flexibility index (Phi) is 4.28. The van der Waals surface area contributed by atoms with Crippen LogP contribution in [0.4, 0.5) is 0 Å². The molecule has 2 heteroatoms. The van der Waals surface area contributed by atoms with E-state index in [1.165, 1.54) is 11.1 Å². The fraction of sp³-hybridized carbons (Fsp3) is 0.267. The minimum absolute atomic E-state index is 0.540. The summed E-state index contributed by atoms with van der Waals surface area (Å²) in [6.07, 6.45) is 3.66. The third-order valence-corrected chi connectivity index (χ3v) is 2.90. The van der Waals surface area contributed by atoms with E-state index in [0.29, 0.717) is 5.92 Å². The van der Waals surface area contributed by atoms with Gasteiger partial charge >= 0.3 is 0 Å². The Morgan fingerprint density at radius 3 is 2.47 bits per heavy atom. The van der Waals surface area contributed by atoms with Crippen molar-refractivity contribution in [2.75, 3.05) is 6.54 Å². The fourth-order valence-electron chi connectivity index (χ4n) is 1.83. The van der Waals surface area contributed by atoms with E-state index in [4.69, 9.17) is 0 Å². The molecule has 0 bridgehead atoms. The van der Waals surface area contributed by atoms with Gasteiger partial charge in [-0.25, -0.2) is 0 Å². The van der Waals surface area contributed by atoms with Crippen LogP contribution in [0.1, 0.15) is 24.0 Å². The average Bonchev–Trinajstić information content (AvgIpc) is 2.41. The predicted molar refractivity (Wildman–Crippen MR) is 70.8 cm³/mol. The number of aromatic nitrogens is 1. The van der Waals surface area contributed by atoms with Gasteiger partial charge in [0.25, 0.3) is 0 Å². The minimum atomic E-state index is 0.540. The Labute approximate surface area is 103 Å². The highest BCUT2D eigenvalue weighted by Crippen LogP contribution is 2.13. The summed E-state index contributed by atoms with van der Waals surface area (Å²) >= 11 is 0. The topological polar surface area (TPSA) is 24.9 Å². The van der Waals surface area contributed by atoms with Crippen LogP contribution in [-0.4, -0.2) is 11.5 Å². The molecule has 0 saturated carbocycles. The highest BCUT2D eigenvalue weighted by atomic mass is 14.9. The van der Waals surface area contributed by atoms with E-state index in [9.17, 15) is 0 Å². The first kappa shape index (κ1) is 11.8. The Hall–Kier alpha value is -1.67. The van der Waals surface area contributed by atoms with Crippen LogP contribution in [0.5, 0.6) is 0 Å². The third-order valence-electron chi connectivity index (χ3n) is 2.90. The molecule has 0 unspecified atom stereocenters. The zero-order valence-corrected chi connectivity index (χ0v) is 10.1. The molecule has 0 aliphatic rings. The Morgan fingerprint density at radius 2 is 1.76 bits per heavy atom. The molecule has 1 atom stereocenters. The lowest BCUT2D eigenvalue weighted by molar-refractivity contribution is 0.615. The molecule has 0 fully saturated rings. The van der Waals surface area contributed by atoms with Gasteiger partial charge in [-0.15, -0.1) is 0 Å². The maximum atomic E-state index is 4.01. The van der Waals surface area contributed by atoms with Crippen molar-refractivity contribution < 1.29 is 0 Å². The van der Waals surface area contributed by atoms with Crippen LogP contribution in [0.15, 0.2) is 54.9 Å². The summed E-state index contributed by atoms with van der Waals surface area (Å²) in [4.78, 5) is 4.01. The number of pyridine rings is 1. The van der Waals surface area contributed by atoms with Crippen molar-refractivity contribution in [2.45, 2.75) is 19.4 Å². The number of rotatable bonds is 5. The fourth-order valence-corrected chi connectivity index (χ4v) is 1.83. The summed E-state index contributed by atoms with van der Waals surface area (Å²) in [6.45, 7) is 4.14. The maximum absolute atomic E-state index is 4.01. The smallest absolute Gasteiger partial charge is 0.0271 e. The number of nitrogens with zero attached hydrogens (tertiary/aromatic N) is 1. The van der Waals surface area contributed by atoms with Crippen molar-refractivity contribution in [2.24, 2.45) is 0 Å². The van der Waals surface area contributed by atoms with Crippen LogP contribution >= 0.6 is 0 Å². The first-order chi connectivity index (χ1) is 8.36. The Balaban J connectivity index is 1.79. The van der Waals surface area contributed by atoms with Crippen molar-refractivity contribution in [1.29, 1.82) is 0 Å². The van der Waals surface area contributed by atoms with Crippen LogP contribution < -0.4 is 5.32 Å². The molecule has 88 valence electrons. The second-order valence-corrected chi connectivity index (χ2v) is 4.30. The van der Waals surface area contributed by atoms with Crippen LogP contribution in [0.2, 0.25) is 0 Å². The molecule has 0 saturated heterocycles. The summed E-state index contributed by atoms with van der Waals surface area (Å²) in [6, 6.07) is 14.7. The average molecular weight is 226 g/mol. The van der Waals surface area contributed by atoms with Gasteiger partial charge in [0.2, 0.25) is 0 Å². The van der Waals surface area contributed by atoms with Gasteiger partial charge in [0.1, 0.15) is 0 Å². The summed E-state index contributed by atoms with van der Waals surface area (Å²) < 4.78 is 0. The number of hydrogen-bond donors (Lipinski definition) is 1. The van der Waals surface area contributed by atoms with Crippen molar-refractivity contribution in [1.82, 2.24) is 10.3 Å². The zero-order valence-electron chi connectivity index (χ0n) is 10.1. The molecule has 2 aromatic rings. The van der Waals surface area contributed by atoms with Crippen molar-refractivity contribution in [3.05, 3.63) is 66.0 Å². The highest BCUT2D eigenvalue weighted by molar-refractivity contribution is 5.19. The number of benzene rings is 1. The molecule has 0 amide bonds. The second kappa shape index (κ2) is 6.16. The lowest BCUT2D eigenvalue weighted by Crippen LogP contribution is -2.19. The lowest BCUT2D eigenvalue weighted by Gasteiger charge is -2.12. The monoisotopic (exact) mass is 226 g/mol. The van der Waals surface area contributed by atoms with E-state index < -0.39 is 0 Å². The normalized spacial score (nSPS) is 12.3. The number of nitrogens with one attached hydrogen (secondary N) is 1. The second-order valence-electron chi connectivity index (χ2n) is 4.30. The minimum Gasteiger partial charge on any atom is -0.312 e. The SMILES string of the molecule is C[C@@H](CNCc1ccncc1)c1ccccc1. The Morgan fingerprint density at radius 1 is 1.06 bits per heavy atom. The van der Waals surface area contributed by atoms with Crippen molar-refractivity contribution >= 4 is 0 Å². The first-order valence-electron chi connectivity index (χ1n) is 6.01. The molecule has 0 aliphatic carbocycles. The van der Waals surface area contributed by atoms with E-state index in [2.05, 4.69) is 47.6 Å². The molecule has 0 aliphatic heterocycles. The van der Waals surface area contributed by atoms with Crippen LogP contribution in [-0.2, 0) is 6.54 Å². The van der Waals surface area contributed by atoms with Gasteiger partial charge in [0, 0.05) is 25.5 Å². The van der Waals surface area contributed by atoms with Crippen LogP contribution in [0.3, 0.4) is 0 Å². The van der Waals surface area contributed by atoms with Crippen molar-refractivity contribution in [3.63, 3.8) is 0 Å². The van der Waals surface area contributed by atoms with E-state index in [1.54, 1.807) is 0 Å².